The minimum Gasteiger partial charge on any atom is -0.302 e. The molecule has 102 valence electrons. The fourth-order valence-electron chi connectivity index (χ4n) is 2.20. The minimum absolute atomic E-state index is 0.138. The molecule has 0 spiro atoms. The molecule has 2 rings (SSSR count). The van der Waals surface area contributed by atoms with E-state index < -0.39 is 0 Å². The Morgan fingerprint density at radius 3 is 2.84 bits per heavy atom. The fraction of sp³-hybridized carbons (Fsp3) is 0.429. The van der Waals surface area contributed by atoms with Crippen molar-refractivity contribution in [2.45, 2.75) is 32.4 Å². The monoisotopic (exact) mass is 264 g/mol. The molecule has 2 amide bonds. The molecule has 0 radical (unpaired) electrons. The van der Waals surface area contributed by atoms with E-state index in [1.807, 2.05) is 6.92 Å². The molecule has 1 fully saturated rings. The number of nitrogens with zero attached hydrogens (tertiary/aromatic N) is 1. The van der Waals surface area contributed by atoms with E-state index in [0.717, 1.165) is 11.1 Å². The Hall–Kier alpha value is -1.75. The zero-order valence-corrected chi connectivity index (χ0v) is 11.1. The number of likely N-dealkylation sites (tertiary alicyclic amines) is 1. The molecule has 1 aliphatic rings. The third kappa shape index (κ3) is 2.98. The standard InChI is InChI=1S/C14H17FN2O2/c1-9-7-11(15)4-3-10(9)8-16-12-5-6-13(18)17(2)14(12)19/h3-4,7,12,16H,5-6,8H2,1-2H3. The van der Waals surface area contributed by atoms with Crippen LogP contribution in [0.5, 0.6) is 0 Å². The first kappa shape index (κ1) is 13.7. The number of imide groups is 1. The SMILES string of the molecule is Cc1cc(F)ccc1CNC1CCC(=O)N(C)C1=O. The molecule has 1 unspecified atom stereocenters. The molecular formula is C14H17FN2O2. The largest absolute Gasteiger partial charge is 0.302 e. The molecule has 0 bridgehead atoms. The molecule has 1 N–H and O–H groups in total. The van der Waals surface area contributed by atoms with E-state index in [4.69, 9.17) is 0 Å². The Morgan fingerprint density at radius 1 is 1.42 bits per heavy atom. The van der Waals surface area contributed by atoms with Gasteiger partial charge in [-0.05, 0) is 36.6 Å². The molecule has 0 aliphatic carbocycles. The number of hydrogen-bond acceptors (Lipinski definition) is 3. The topological polar surface area (TPSA) is 49.4 Å². The third-order valence-corrected chi connectivity index (χ3v) is 3.49. The molecule has 5 heteroatoms. The van der Waals surface area contributed by atoms with Gasteiger partial charge in [-0.2, -0.15) is 0 Å². The molecule has 1 aromatic carbocycles. The summed E-state index contributed by atoms with van der Waals surface area (Å²) >= 11 is 0. The molecule has 1 atom stereocenters. The minimum atomic E-state index is -0.341. The maximum absolute atomic E-state index is 13.0. The van der Waals surface area contributed by atoms with Gasteiger partial charge >= 0.3 is 0 Å². The van der Waals surface area contributed by atoms with Crippen LogP contribution in [-0.4, -0.2) is 29.8 Å². The van der Waals surface area contributed by atoms with Crippen LogP contribution < -0.4 is 5.32 Å². The highest BCUT2D eigenvalue weighted by Crippen LogP contribution is 2.14. The molecule has 1 saturated heterocycles. The maximum Gasteiger partial charge on any atom is 0.246 e. The van der Waals surface area contributed by atoms with E-state index in [0.29, 0.717) is 19.4 Å². The second kappa shape index (κ2) is 5.48. The smallest absolute Gasteiger partial charge is 0.246 e. The van der Waals surface area contributed by atoms with E-state index in [1.54, 1.807) is 6.07 Å². The van der Waals surface area contributed by atoms with E-state index in [2.05, 4.69) is 5.32 Å². The number of carbonyl (C=O) groups is 2. The highest BCUT2D eigenvalue weighted by molar-refractivity contribution is 6.00. The van der Waals surface area contributed by atoms with Gasteiger partial charge in [-0.15, -0.1) is 0 Å². The lowest BCUT2D eigenvalue weighted by atomic mass is 10.0. The number of amides is 2. The zero-order valence-electron chi connectivity index (χ0n) is 11.1. The number of piperidine rings is 1. The van der Waals surface area contributed by atoms with Gasteiger partial charge in [0.05, 0.1) is 6.04 Å². The molecule has 0 saturated carbocycles. The molecule has 1 heterocycles. The lowest BCUT2D eigenvalue weighted by Crippen LogP contribution is -2.51. The van der Waals surface area contributed by atoms with Crippen LogP contribution in [0.2, 0.25) is 0 Å². The van der Waals surface area contributed by atoms with Gasteiger partial charge in [0.1, 0.15) is 5.82 Å². The number of likely N-dealkylation sites (N-methyl/N-ethyl adjacent to an activating group) is 1. The number of hydrogen-bond donors (Lipinski definition) is 1. The summed E-state index contributed by atoms with van der Waals surface area (Å²) in [6.07, 6.45) is 0.893. The summed E-state index contributed by atoms with van der Waals surface area (Å²) < 4.78 is 13.0. The fourth-order valence-corrected chi connectivity index (χ4v) is 2.20. The first-order valence-electron chi connectivity index (χ1n) is 6.28. The van der Waals surface area contributed by atoms with Gasteiger partial charge in [0.2, 0.25) is 11.8 Å². The van der Waals surface area contributed by atoms with E-state index in [1.165, 1.54) is 24.1 Å². The Bertz CT molecular complexity index is 516. The van der Waals surface area contributed by atoms with Crippen LogP contribution >= 0.6 is 0 Å². The predicted octanol–water partition coefficient (Wildman–Crippen LogP) is 1.37. The van der Waals surface area contributed by atoms with Crippen LogP contribution in [-0.2, 0) is 16.1 Å². The molecular weight excluding hydrogens is 247 g/mol. The molecule has 4 nitrogen and oxygen atoms in total. The Kier molecular flexibility index (Phi) is 3.95. The summed E-state index contributed by atoms with van der Waals surface area (Å²) in [7, 11) is 1.50. The normalized spacial score (nSPS) is 19.9. The van der Waals surface area contributed by atoms with Crippen molar-refractivity contribution in [2.24, 2.45) is 0 Å². The van der Waals surface area contributed by atoms with Crippen LogP contribution in [0.3, 0.4) is 0 Å². The number of carbonyl (C=O) groups excluding carboxylic acids is 2. The number of halogens is 1. The molecule has 1 aromatic rings. The van der Waals surface area contributed by atoms with Crippen molar-refractivity contribution in [2.75, 3.05) is 7.05 Å². The first-order valence-corrected chi connectivity index (χ1v) is 6.28. The average molecular weight is 264 g/mol. The van der Waals surface area contributed by atoms with Gasteiger partial charge in [0, 0.05) is 20.0 Å². The van der Waals surface area contributed by atoms with Crippen molar-refractivity contribution in [3.05, 3.63) is 35.1 Å². The van der Waals surface area contributed by atoms with E-state index >= 15 is 0 Å². The van der Waals surface area contributed by atoms with Gasteiger partial charge in [0.15, 0.2) is 0 Å². The van der Waals surface area contributed by atoms with Crippen molar-refractivity contribution in [3.63, 3.8) is 0 Å². The Balaban J connectivity index is 1.99. The number of nitrogens with one attached hydrogen (secondary N) is 1. The van der Waals surface area contributed by atoms with Crippen molar-refractivity contribution >= 4 is 11.8 Å². The summed E-state index contributed by atoms with van der Waals surface area (Å²) in [6.45, 7) is 2.32. The van der Waals surface area contributed by atoms with Crippen LogP contribution in [0.15, 0.2) is 18.2 Å². The Labute approximate surface area is 111 Å². The second-order valence-corrected chi connectivity index (χ2v) is 4.83. The van der Waals surface area contributed by atoms with Crippen molar-refractivity contribution in [1.29, 1.82) is 0 Å². The number of rotatable bonds is 3. The summed E-state index contributed by atoms with van der Waals surface area (Å²) in [5.74, 6) is -0.600. The van der Waals surface area contributed by atoms with Gasteiger partial charge in [0.25, 0.3) is 0 Å². The highest BCUT2D eigenvalue weighted by atomic mass is 19.1. The average Bonchev–Trinajstić information content (AvgIpc) is 2.37. The van der Waals surface area contributed by atoms with Crippen LogP contribution in [0.4, 0.5) is 4.39 Å². The van der Waals surface area contributed by atoms with Crippen LogP contribution in [0.1, 0.15) is 24.0 Å². The summed E-state index contributed by atoms with van der Waals surface area (Å²) in [6, 6.07) is 4.24. The van der Waals surface area contributed by atoms with Gasteiger partial charge < -0.3 is 5.32 Å². The number of benzene rings is 1. The lowest BCUT2D eigenvalue weighted by molar-refractivity contribution is -0.148. The van der Waals surface area contributed by atoms with Crippen LogP contribution in [0.25, 0.3) is 0 Å². The van der Waals surface area contributed by atoms with Gasteiger partial charge in [-0.25, -0.2) is 4.39 Å². The quantitative estimate of drug-likeness (QED) is 0.839. The lowest BCUT2D eigenvalue weighted by Gasteiger charge is -2.28. The van der Waals surface area contributed by atoms with E-state index in [-0.39, 0.29) is 23.7 Å². The van der Waals surface area contributed by atoms with Crippen molar-refractivity contribution in [1.82, 2.24) is 10.2 Å². The number of aryl methyl sites for hydroxylation is 1. The second-order valence-electron chi connectivity index (χ2n) is 4.83. The highest BCUT2D eigenvalue weighted by Gasteiger charge is 2.31. The van der Waals surface area contributed by atoms with E-state index in [9.17, 15) is 14.0 Å². The Morgan fingerprint density at radius 2 is 2.16 bits per heavy atom. The molecule has 1 aliphatic heterocycles. The first-order chi connectivity index (χ1) is 8.99. The van der Waals surface area contributed by atoms with Gasteiger partial charge in [-0.1, -0.05) is 6.07 Å². The zero-order chi connectivity index (χ0) is 14.0. The third-order valence-electron chi connectivity index (χ3n) is 3.49. The molecule has 19 heavy (non-hydrogen) atoms. The van der Waals surface area contributed by atoms with Crippen molar-refractivity contribution in [3.8, 4) is 0 Å². The molecule has 0 aromatic heterocycles. The maximum atomic E-state index is 13.0. The van der Waals surface area contributed by atoms with Gasteiger partial charge in [-0.3, -0.25) is 14.5 Å². The van der Waals surface area contributed by atoms with Crippen molar-refractivity contribution < 1.29 is 14.0 Å². The summed E-state index contributed by atoms with van der Waals surface area (Å²) in [5, 5.41) is 3.13. The summed E-state index contributed by atoms with van der Waals surface area (Å²) in [5.41, 5.74) is 1.80. The van der Waals surface area contributed by atoms with Crippen LogP contribution in [0, 0.1) is 12.7 Å². The predicted molar refractivity (Wildman–Crippen MR) is 68.8 cm³/mol. The summed E-state index contributed by atoms with van der Waals surface area (Å²) in [4.78, 5) is 24.4.